The topological polar surface area (TPSA) is 45.0 Å². The third-order valence-corrected chi connectivity index (χ3v) is 2.82. The van der Waals surface area contributed by atoms with Gasteiger partial charge in [-0.05, 0) is 29.8 Å². The fourth-order valence-electron chi connectivity index (χ4n) is 1.81. The molecule has 5 heteroatoms. The molecule has 0 saturated heterocycles. The van der Waals surface area contributed by atoms with E-state index in [1.54, 1.807) is 18.2 Å². The number of nitrogens with one attached hydrogen (secondary N) is 1. The molecule has 0 unspecified atom stereocenters. The zero-order chi connectivity index (χ0) is 14.5. The molecular formula is C15H12F2N2O. The average Bonchev–Trinajstić information content (AvgIpc) is 2.46. The first-order chi connectivity index (χ1) is 9.65. The van der Waals surface area contributed by atoms with Crippen molar-refractivity contribution in [3.63, 3.8) is 0 Å². The number of hydrogen-bond acceptors (Lipinski definition) is 3. The summed E-state index contributed by atoms with van der Waals surface area (Å²) in [4.78, 5) is 0. The molecular weight excluding hydrogens is 262 g/mol. The molecule has 0 aliphatic rings. The number of anilines is 1. The van der Waals surface area contributed by atoms with Gasteiger partial charge < -0.3 is 10.1 Å². The van der Waals surface area contributed by atoms with Crippen molar-refractivity contribution in [3.8, 4) is 11.8 Å². The number of nitrogens with zero attached hydrogens (tertiary/aromatic N) is 1. The van der Waals surface area contributed by atoms with Gasteiger partial charge in [0.05, 0.1) is 12.7 Å². The highest BCUT2D eigenvalue weighted by Gasteiger charge is 2.08. The molecule has 2 rings (SSSR count). The van der Waals surface area contributed by atoms with Gasteiger partial charge in [-0.15, -0.1) is 0 Å². The molecule has 0 spiro atoms. The van der Waals surface area contributed by atoms with Crippen molar-refractivity contribution in [1.82, 2.24) is 0 Å². The molecule has 0 saturated carbocycles. The number of rotatable bonds is 4. The summed E-state index contributed by atoms with van der Waals surface area (Å²) in [5.41, 5.74) is 0.924. The van der Waals surface area contributed by atoms with Crippen molar-refractivity contribution in [1.29, 1.82) is 5.26 Å². The number of ether oxygens (including phenoxy) is 1. The van der Waals surface area contributed by atoms with Crippen molar-refractivity contribution in [2.75, 3.05) is 12.4 Å². The maximum absolute atomic E-state index is 13.4. The number of para-hydroxylation sites is 1. The van der Waals surface area contributed by atoms with Crippen molar-refractivity contribution in [3.05, 3.63) is 59.2 Å². The summed E-state index contributed by atoms with van der Waals surface area (Å²) < 4.78 is 31.9. The Labute approximate surface area is 115 Å². The molecule has 20 heavy (non-hydrogen) atoms. The van der Waals surface area contributed by atoms with Crippen LogP contribution in [0.25, 0.3) is 0 Å². The zero-order valence-electron chi connectivity index (χ0n) is 10.8. The first-order valence-corrected chi connectivity index (χ1v) is 5.90. The van der Waals surface area contributed by atoms with E-state index in [2.05, 4.69) is 5.32 Å². The average molecular weight is 274 g/mol. The molecule has 2 aromatic carbocycles. The zero-order valence-corrected chi connectivity index (χ0v) is 10.8. The van der Waals surface area contributed by atoms with E-state index >= 15 is 0 Å². The largest absolute Gasteiger partial charge is 0.495 e. The Morgan fingerprint density at radius 1 is 1.20 bits per heavy atom. The Morgan fingerprint density at radius 2 is 1.90 bits per heavy atom. The van der Waals surface area contributed by atoms with Gasteiger partial charge >= 0.3 is 0 Å². The van der Waals surface area contributed by atoms with E-state index in [9.17, 15) is 8.78 Å². The van der Waals surface area contributed by atoms with Crippen LogP contribution in [-0.2, 0) is 6.54 Å². The van der Waals surface area contributed by atoms with E-state index < -0.39 is 11.6 Å². The first kappa shape index (κ1) is 13.8. The molecule has 0 atom stereocenters. The Bertz CT molecular complexity index is 645. The quantitative estimate of drug-likeness (QED) is 0.928. The third kappa shape index (κ3) is 2.86. The molecule has 0 fully saturated rings. The maximum atomic E-state index is 13.4. The monoisotopic (exact) mass is 274 g/mol. The second kappa shape index (κ2) is 6.02. The van der Waals surface area contributed by atoms with Crippen LogP contribution in [0.4, 0.5) is 14.5 Å². The molecule has 2 aromatic rings. The predicted molar refractivity (Wildman–Crippen MR) is 71.4 cm³/mol. The van der Waals surface area contributed by atoms with Crippen LogP contribution in [-0.4, -0.2) is 7.11 Å². The van der Waals surface area contributed by atoms with E-state index in [4.69, 9.17) is 10.00 Å². The van der Waals surface area contributed by atoms with Gasteiger partial charge in [-0.25, -0.2) is 8.78 Å². The Hall–Kier alpha value is -2.61. The highest BCUT2D eigenvalue weighted by molar-refractivity contribution is 5.49. The Kier molecular flexibility index (Phi) is 4.16. The van der Waals surface area contributed by atoms with Gasteiger partial charge in [-0.2, -0.15) is 5.26 Å². The van der Waals surface area contributed by atoms with Gasteiger partial charge in [0.2, 0.25) is 0 Å². The van der Waals surface area contributed by atoms with Crippen LogP contribution in [0.2, 0.25) is 0 Å². The lowest BCUT2D eigenvalue weighted by Crippen LogP contribution is -2.04. The van der Waals surface area contributed by atoms with Crippen LogP contribution < -0.4 is 10.1 Å². The standard InChI is InChI=1S/C15H12F2N2O/c1-20-14-6-5-10(7-11(14)8-18)9-19-15-12(16)3-2-4-13(15)17/h2-7,19H,9H2,1H3. The Balaban J connectivity index is 2.18. The van der Waals surface area contributed by atoms with Gasteiger partial charge in [0.1, 0.15) is 29.1 Å². The van der Waals surface area contributed by atoms with Crippen LogP contribution >= 0.6 is 0 Å². The van der Waals surface area contributed by atoms with Crippen LogP contribution in [0.1, 0.15) is 11.1 Å². The van der Waals surface area contributed by atoms with Gasteiger partial charge in [0.25, 0.3) is 0 Å². The first-order valence-electron chi connectivity index (χ1n) is 5.90. The minimum absolute atomic E-state index is 0.179. The second-order valence-corrected chi connectivity index (χ2v) is 4.10. The maximum Gasteiger partial charge on any atom is 0.149 e. The number of halogens is 2. The summed E-state index contributed by atoms with van der Waals surface area (Å²) in [6, 6.07) is 10.7. The minimum Gasteiger partial charge on any atom is -0.495 e. The van der Waals surface area contributed by atoms with Crippen molar-refractivity contribution in [2.24, 2.45) is 0 Å². The van der Waals surface area contributed by atoms with Crippen LogP contribution in [0.5, 0.6) is 5.75 Å². The second-order valence-electron chi connectivity index (χ2n) is 4.10. The minimum atomic E-state index is -0.654. The van der Waals surface area contributed by atoms with Crippen molar-refractivity contribution in [2.45, 2.75) is 6.54 Å². The normalized spacial score (nSPS) is 9.90. The highest BCUT2D eigenvalue weighted by atomic mass is 19.1. The van der Waals surface area contributed by atoms with E-state index in [-0.39, 0.29) is 12.2 Å². The van der Waals surface area contributed by atoms with E-state index in [0.29, 0.717) is 11.3 Å². The molecule has 0 aliphatic heterocycles. The number of methoxy groups -OCH3 is 1. The molecule has 3 nitrogen and oxygen atoms in total. The van der Waals surface area contributed by atoms with Gasteiger partial charge in [0.15, 0.2) is 0 Å². The smallest absolute Gasteiger partial charge is 0.149 e. The Morgan fingerprint density at radius 3 is 2.50 bits per heavy atom. The fourth-order valence-corrected chi connectivity index (χ4v) is 1.81. The lowest BCUT2D eigenvalue weighted by atomic mass is 10.1. The fraction of sp³-hybridized carbons (Fsp3) is 0.133. The summed E-state index contributed by atoms with van der Waals surface area (Å²) in [5, 5.41) is 11.7. The summed E-state index contributed by atoms with van der Waals surface area (Å²) in [6.07, 6.45) is 0. The predicted octanol–water partition coefficient (Wildman–Crippen LogP) is 3.46. The van der Waals surface area contributed by atoms with Gasteiger partial charge in [0, 0.05) is 6.54 Å². The summed E-state index contributed by atoms with van der Waals surface area (Å²) >= 11 is 0. The summed E-state index contributed by atoms with van der Waals surface area (Å²) in [7, 11) is 1.48. The molecule has 0 radical (unpaired) electrons. The third-order valence-electron chi connectivity index (χ3n) is 2.82. The summed E-state index contributed by atoms with van der Waals surface area (Å²) in [5.74, 6) is -0.841. The molecule has 0 bridgehead atoms. The summed E-state index contributed by atoms with van der Waals surface area (Å²) in [6.45, 7) is 0.205. The van der Waals surface area contributed by atoms with Crippen LogP contribution in [0.3, 0.4) is 0 Å². The van der Waals surface area contributed by atoms with E-state index in [1.807, 2.05) is 6.07 Å². The van der Waals surface area contributed by atoms with Gasteiger partial charge in [-0.1, -0.05) is 12.1 Å². The highest BCUT2D eigenvalue weighted by Crippen LogP contribution is 2.21. The molecule has 0 amide bonds. The van der Waals surface area contributed by atoms with Crippen LogP contribution in [0, 0.1) is 23.0 Å². The van der Waals surface area contributed by atoms with E-state index in [1.165, 1.54) is 25.3 Å². The molecule has 1 N–H and O–H groups in total. The lowest BCUT2D eigenvalue weighted by molar-refractivity contribution is 0.413. The molecule has 0 aromatic heterocycles. The van der Waals surface area contributed by atoms with E-state index in [0.717, 1.165) is 5.56 Å². The molecule has 0 heterocycles. The van der Waals surface area contributed by atoms with Crippen molar-refractivity contribution >= 4 is 5.69 Å². The van der Waals surface area contributed by atoms with Gasteiger partial charge in [-0.3, -0.25) is 0 Å². The number of benzene rings is 2. The number of hydrogen-bond donors (Lipinski definition) is 1. The van der Waals surface area contributed by atoms with Crippen molar-refractivity contribution < 1.29 is 13.5 Å². The number of nitriles is 1. The lowest BCUT2D eigenvalue weighted by Gasteiger charge is -2.10. The SMILES string of the molecule is COc1ccc(CNc2c(F)cccc2F)cc1C#N. The van der Waals surface area contributed by atoms with Crippen LogP contribution in [0.15, 0.2) is 36.4 Å². The molecule has 102 valence electrons. The molecule has 0 aliphatic carbocycles.